The molecule has 2 bridgehead atoms. The van der Waals surface area contributed by atoms with Crippen molar-refractivity contribution in [3.63, 3.8) is 0 Å². The number of hydrazine groups is 1. The largest absolute Gasteiger partial charge is 0.332 e. The maximum absolute atomic E-state index is 6.00. The summed E-state index contributed by atoms with van der Waals surface area (Å²) in [6.45, 7) is 10.8. The van der Waals surface area contributed by atoms with E-state index in [1.807, 2.05) is 17.4 Å². The molecule has 2 atom stereocenters. The number of nitrogens with zero attached hydrogens (tertiary/aromatic N) is 6. The minimum absolute atomic E-state index is 0.474. The Morgan fingerprint density at radius 2 is 1.58 bits per heavy atom. The smallest absolute Gasteiger partial charge is 0.225 e. The molecule has 2 N–H and O–H groups in total. The minimum atomic E-state index is 0.474. The molecule has 0 amide bonds. The Hall–Kier alpha value is -1.28. The van der Waals surface area contributed by atoms with Crippen LogP contribution < -0.4 is 10.7 Å². The molecule has 1 aromatic heterocycles. The van der Waals surface area contributed by atoms with Crippen molar-refractivity contribution >= 4 is 5.95 Å². The zero-order valence-electron chi connectivity index (χ0n) is 14.6. The van der Waals surface area contributed by atoms with Gasteiger partial charge in [-0.25, -0.2) is 15.0 Å². The van der Waals surface area contributed by atoms with Crippen LogP contribution in [0.4, 0.5) is 5.95 Å². The van der Waals surface area contributed by atoms with Crippen LogP contribution in [0, 0.1) is 0 Å². The number of hydrogen-bond donors (Lipinski definition) is 1. The summed E-state index contributed by atoms with van der Waals surface area (Å²) in [7, 11) is 0. The molecule has 0 spiro atoms. The molecule has 7 nitrogen and oxygen atoms in total. The molecule has 3 aliphatic heterocycles. The Labute approximate surface area is 144 Å². The second-order valence-electron chi connectivity index (χ2n) is 7.35. The van der Waals surface area contributed by atoms with E-state index in [0.29, 0.717) is 12.1 Å². The maximum Gasteiger partial charge on any atom is 0.225 e. The van der Waals surface area contributed by atoms with Crippen molar-refractivity contribution in [1.29, 1.82) is 0 Å². The average Bonchev–Trinajstić information content (AvgIpc) is 2.88. The topological polar surface area (TPSA) is 64.8 Å². The first-order valence-electron chi connectivity index (χ1n) is 9.26. The van der Waals surface area contributed by atoms with Crippen LogP contribution in [0.3, 0.4) is 0 Å². The van der Waals surface area contributed by atoms with Crippen molar-refractivity contribution in [2.45, 2.75) is 38.4 Å². The van der Waals surface area contributed by atoms with Gasteiger partial charge in [0.1, 0.15) is 0 Å². The fourth-order valence-corrected chi connectivity index (χ4v) is 4.35. The number of fused-ring (bicyclic) bond motifs is 2. The van der Waals surface area contributed by atoms with Gasteiger partial charge in [0.15, 0.2) is 0 Å². The molecule has 3 saturated heterocycles. The Morgan fingerprint density at radius 3 is 2.17 bits per heavy atom. The molecular formula is C17H29N7. The van der Waals surface area contributed by atoms with Crippen molar-refractivity contribution in [2.24, 2.45) is 5.84 Å². The Bertz CT molecular complexity index is 526. The van der Waals surface area contributed by atoms with Gasteiger partial charge in [0, 0.05) is 75.9 Å². The van der Waals surface area contributed by atoms with Crippen LogP contribution >= 0.6 is 0 Å². The van der Waals surface area contributed by atoms with Gasteiger partial charge in [0.2, 0.25) is 5.95 Å². The van der Waals surface area contributed by atoms with Gasteiger partial charge in [-0.3, -0.25) is 10.7 Å². The van der Waals surface area contributed by atoms with Gasteiger partial charge in [-0.1, -0.05) is 6.92 Å². The van der Waals surface area contributed by atoms with E-state index >= 15 is 0 Å². The number of nitrogens with two attached hydrogens (primary N) is 1. The predicted octanol–water partition coefficient (Wildman–Crippen LogP) is 0.141. The van der Waals surface area contributed by atoms with E-state index in [4.69, 9.17) is 5.84 Å². The number of likely N-dealkylation sites (N-methyl/N-ethyl adjacent to an activating group) is 1. The molecule has 0 aliphatic carbocycles. The molecule has 132 valence electrons. The summed E-state index contributed by atoms with van der Waals surface area (Å²) in [5.74, 6) is 6.89. The van der Waals surface area contributed by atoms with Crippen molar-refractivity contribution in [3.05, 3.63) is 18.0 Å². The molecule has 0 saturated carbocycles. The standard InChI is InChI=1S/C17H29N7/c1-2-21-5-7-22(8-6-21)11-14-9-19-17(20-10-14)24-15-3-4-16(24)13-23(18)12-15/h9-10,15-16H,2-8,11-13,18H2,1H3. The van der Waals surface area contributed by atoms with E-state index in [-0.39, 0.29) is 0 Å². The molecule has 0 aromatic carbocycles. The molecule has 4 heterocycles. The van der Waals surface area contributed by atoms with Crippen LogP contribution in [0.15, 0.2) is 12.4 Å². The number of anilines is 1. The molecular weight excluding hydrogens is 302 g/mol. The summed E-state index contributed by atoms with van der Waals surface area (Å²) >= 11 is 0. The molecule has 7 heteroatoms. The number of aromatic nitrogens is 2. The van der Waals surface area contributed by atoms with Crippen molar-refractivity contribution in [2.75, 3.05) is 50.7 Å². The van der Waals surface area contributed by atoms with Crippen LogP contribution in [0.2, 0.25) is 0 Å². The monoisotopic (exact) mass is 331 g/mol. The van der Waals surface area contributed by atoms with Gasteiger partial charge in [0.05, 0.1) is 0 Å². The van der Waals surface area contributed by atoms with E-state index in [2.05, 4.69) is 31.6 Å². The lowest BCUT2D eigenvalue weighted by Crippen LogP contribution is -2.56. The van der Waals surface area contributed by atoms with Crippen molar-refractivity contribution < 1.29 is 0 Å². The van der Waals surface area contributed by atoms with E-state index in [1.54, 1.807) is 0 Å². The molecule has 3 fully saturated rings. The number of hydrogen-bond acceptors (Lipinski definition) is 7. The second kappa shape index (κ2) is 6.92. The summed E-state index contributed by atoms with van der Waals surface area (Å²) in [4.78, 5) is 16.8. The highest BCUT2D eigenvalue weighted by molar-refractivity contribution is 5.37. The molecule has 24 heavy (non-hydrogen) atoms. The zero-order chi connectivity index (χ0) is 16.5. The van der Waals surface area contributed by atoms with E-state index in [1.165, 1.54) is 31.5 Å². The third-order valence-electron chi connectivity index (χ3n) is 5.75. The van der Waals surface area contributed by atoms with Gasteiger partial charge in [-0.15, -0.1) is 0 Å². The lowest BCUT2D eigenvalue weighted by molar-refractivity contribution is 0.131. The maximum atomic E-state index is 6.00. The van der Waals surface area contributed by atoms with Gasteiger partial charge in [-0.05, 0) is 19.4 Å². The number of rotatable bonds is 4. The predicted molar refractivity (Wildman–Crippen MR) is 94.5 cm³/mol. The summed E-state index contributed by atoms with van der Waals surface area (Å²) < 4.78 is 0. The van der Waals surface area contributed by atoms with Crippen LogP contribution in [-0.4, -0.2) is 82.7 Å². The molecule has 0 radical (unpaired) electrons. The minimum Gasteiger partial charge on any atom is -0.332 e. The summed E-state index contributed by atoms with van der Waals surface area (Å²) in [5.41, 5.74) is 1.22. The lowest BCUT2D eigenvalue weighted by Gasteiger charge is -2.39. The van der Waals surface area contributed by atoms with E-state index in [9.17, 15) is 0 Å². The third-order valence-corrected chi connectivity index (χ3v) is 5.75. The van der Waals surface area contributed by atoms with Crippen molar-refractivity contribution in [3.8, 4) is 0 Å². The quantitative estimate of drug-likeness (QED) is 0.787. The van der Waals surface area contributed by atoms with Crippen LogP contribution in [0.25, 0.3) is 0 Å². The first kappa shape index (κ1) is 16.2. The third kappa shape index (κ3) is 3.26. The normalized spacial score (nSPS) is 29.3. The van der Waals surface area contributed by atoms with Crippen LogP contribution in [0.1, 0.15) is 25.3 Å². The highest BCUT2D eigenvalue weighted by atomic mass is 15.5. The highest BCUT2D eigenvalue weighted by Crippen LogP contribution is 2.31. The second-order valence-corrected chi connectivity index (χ2v) is 7.35. The average molecular weight is 331 g/mol. The first-order valence-corrected chi connectivity index (χ1v) is 9.26. The molecule has 1 aromatic rings. The van der Waals surface area contributed by atoms with Gasteiger partial charge in [-0.2, -0.15) is 0 Å². The Balaban J connectivity index is 1.37. The SMILES string of the molecule is CCN1CCN(Cc2cnc(N3C4CCC3CN(N)C4)nc2)CC1. The number of piperazine rings is 2. The molecule has 4 rings (SSSR count). The molecule has 3 aliphatic rings. The molecule has 2 unspecified atom stereocenters. The van der Waals surface area contributed by atoms with E-state index in [0.717, 1.165) is 45.2 Å². The Morgan fingerprint density at radius 1 is 1.00 bits per heavy atom. The zero-order valence-corrected chi connectivity index (χ0v) is 14.6. The van der Waals surface area contributed by atoms with Crippen molar-refractivity contribution in [1.82, 2.24) is 24.8 Å². The summed E-state index contributed by atoms with van der Waals surface area (Å²) in [5, 5.41) is 1.95. The van der Waals surface area contributed by atoms with E-state index < -0.39 is 0 Å². The Kier molecular flexibility index (Phi) is 4.67. The summed E-state index contributed by atoms with van der Waals surface area (Å²) in [6, 6.07) is 0.948. The van der Waals surface area contributed by atoms with Crippen LogP contribution in [-0.2, 0) is 6.54 Å². The fraction of sp³-hybridized carbons (Fsp3) is 0.765. The van der Waals surface area contributed by atoms with Gasteiger partial charge in [0.25, 0.3) is 0 Å². The lowest BCUT2D eigenvalue weighted by atomic mass is 10.2. The first-order chi connectivity index (χ1) is 11.7. The van der Waals surface area contributed by atoms with Gasteiger partial charge >= 0.3 is 0 Å². The van der Waals surface area contributed by atoms with Gasteiger partial charge < -0.3 is 9.80 Å². The fourth-order valence-electron chi connectivity index (χ4n) is 4.35. The highest BCUT2D eigenvalue weighted by Gasteiger charge is 2.40. The summed E-state index contributed by atoms with van der Waals surface area (Å²) in [6.07, 6.45) is 6.43. The van der Waals surface area contributed by atoms with Crippen LogP contribution in [0.5, 0.6) is 0 Å².